The van der Waals surface area contributed by atoms with Crippen LogP contribution < -0.4 is 0 Å². The maximum Gasteiger partial charge on any atom is 0.0301 e. The van der Waals surface area contributed by atoms with E-state index in [1.54, 1.807) is 0 Å². The van der Waals surface area contributed by atoms with Crippen molar-refractivity contribution in [1.29, 1.82) is 0 Å². The van der Waals surface area contributed by atoms with E-state index in [4.69, 9.17) is 0 Å². The molecular weight excluding hydrogens is 228 g/mol. The Kier molecular flexibility index (Phi) is 2.82. The summed E-state index contributed by atoms with van der Waals surface area (Å²) in [5.74, 6) is 0.920. The first kappa shape index (κ1) is 12.2. The van der Waals surface area contributed by atoms with Crippen LogP contribution in [0.15, 0.2) is 71.4 Å². The molecule has 2 unspecified atom stereocenters. The minimum atomic E-state index is 0.442. The zero-order valence-electron chi connectivity index (χ0n) is 11.9. The van der Waals surface area contributed by atoms with Crippen molar-refractivity contribution in [1.82, 2.24) is 0 Å². The third-order valence-electron chi connectivity index (χ3n) is 4.72. The molecule has 4 rings (SSSR count). The van der Waals surface area contributed by atoms with Crippen LogP contribution in [0.25, 0.3) is 0 Å². The molecule has 2 atom stereocenters. The summed E-state index contributed by atoms with van der Waals surface area (Å²) in [5, 5.41) is 0. The van der Waals surface area contributed by atoms with Crippen LogP contribution in [0.1, 0.15) is 43.7 Å². The Hall–Kier alpha value is -1.82. The van der Waals surface area contributed by atoms with Crippen molar-refractivity contribution in [2.75, 3.05) is 0 Å². The predicted molar refractivity (Wildman–Crippen MR) is 82.3 cm³/mol. The highest BCUT2D eigenvalue weighted by molar-refractivity contribution is 5.63. The van der Waals surface area contributed by atoms with E-state index >= 15 is 0 Å². The van der Waals surface area contributed by atoms with E-state index in [0.717, 1.165) is 0 Å². The van der Waals surface area contributed by atoms with Gasteiger partial charge >= 0.3 is 0 Å². The Morgan fingerprint density at radius 1 is 0.895 bits per heavy atom. The lowest BCUT2D eigenvalue weighted by Gasteiger charge is -2.42. The number of benzene rings is 1. The van der Waals surface area contributed by atoms with Crippen LogP contribution in [0.4, 0.5) is 0 Å². The van der Waals surface area contributed by atoms with Gasteiger partial charge in [-0.05, 0) is 37.5 Å². The van der Waals surface area contributed by atoms with Gasteiger partial charge in [0.2, 0.25) is 0 Å². The second-order valence-electron chi connectivity index (χ2n) is 5.59. The lowest BCUT2D eigenvalue weighted by Crippen LogP contribution is -2.25. The molecule has 0 fully saturated rings. The molecule has 3 aliphatic rings. The van der Waals surface area contributed by atoms with Gasteiger partial charge in [0.1, 0.15) is 0 Å². The molecule has 2 bridgehead atoms. The van der Waals surface area contributed by atoms with Crippen LogP contribution in [0, 0.1) is 0 Å². The molecule has 0 N–H and O–H groups in total. The SMILES string of the molecule is C=CC=CC1=C(C)C2C(C)=C(C)C1c1ccccc12. The summed E-state index contributed by atoms with van der Waals surface area (Å²) in [6, 6.07) is 8.90. The minimum absolute atomic E-state index is 0.442. The Morgan fingerprint density at radius 2 is 1.47 bits per heavy atom. The first-order chi connectivity index (χ1) is 9.16. The van der Waals surface area contributed by atoms with E-state index in [1.807, 2.05) is 6.08 Å². The summed E-state index contributed by atoms with van der Waals surface area (Å²) < 4.78 is 0. The average molecular weight is 248 g/mol. The van der Waals surface area contributed by atoms with Crippen molar-refractivity contribution in [2.24, 2.45) is 0 Å². The van der Waals surface area contributed by atoms with Gasteiger partial charge in [-0.1, -0.05) is 65.8 Å². The van der Waals surface area contributed by atoms with Gasteiger partial charge < -0.3 is 0 Å². The zero-order valence-corrected chi connectivity index (χ0v) is 11.9. The Labute approximate surface area is 115 Å². The minimum Gasteiger partial charge on any atom is -0.0991 e. The van der Waals surface area contributed by atoms with Crippen LogP contribution in [0.2, 0.25) is 0 Å². The molecule has 0 saturated carbocycles. The third kappa shape index (κ3) is 1.59. The average Bonchev–Trinajstić information content (AvgIpc) is 2.42. The normalized spacial score (nSPS) is 25.2. The zero-order chi connectivity index (χ0) is 13.6. The molecule has 96 valence electrons. The predicted octanol–water partition coefficient (Wildman–Crippen LogP) is 5.28. The Bertz CT molecular complexity index is 638. The van der Waals surface area contributed by atoms with Crippen LogP contribution in [0.5, 0.6) is 0 Å². The summed E-state index contributed by atoms with van der Waals surface area (Å²) >= 11 is 0. The fourth-order valence-electron chi connectivity index (χ4n) is 3.71. The topological polar surface area (TPSA) is 0 Å². The Balaban J connectivity index is 2.24. The molecule has 0 saturated heterocycles. The van der Waals surface area contributed by atoms with E-state index in [-0.39, 0.29) is 0 Å². The molecule has 0 radical (unpaired) electrons. The highest BCUT2D eigenvalue weighted by Crippen LogP contribution is 2.55. The summed E-state index contributed by atoms with van der Waals surface area (Å²) in [6.45, 7) is 10.7. The highest BCUT2D eigenvalue weighted by atomic mass is 14.4. The van der Waals surface area contributed by atoms with E-state index in [1.165, 1.54) is 33.4 Å². The second kappa shape index (κ2) is 4.38. The monoisotopic (exact) mass is 248 g/mol. The van der Waals surface area contributed by atoms with Crippen LogP contribution in [0.3, 0.4) is 0 Å². The smallest absolute Gasteiger partial charge is 0.0301 e. The number of hydrogen-bond acceptors (Lipinski definition) is 0. The van der Waals surface area contributed by atoms with E-state index in [0.29, 0.717) is 11.8 Å². The summed E-state index contributed by atoms with van der Waals surface area (Å²) in [7, 11) is 0. The van der Waals surface area contributed by atoms with Crippen molar-refractivity contribution in [3.63, 3.8) is 0 Å². The van der Waals surface area contributed by atoms with Gasteiger partial charge in [-0.3, -0.25) is 0 Å². The van der Waals surface area contributed by atoms with E-state index < -0.39 is 0 Å². The summed E-state index contributed by atoms with van der Waals surface area (Å²) in [4.78, 5) is 0. The number of rotatable bonds is 2. The lowest BCUT2D eigenvalue weighted by atomic mass is 9.62. The maximum absolute atomic E-state index is 3.79. The third-order valence-corrected chi connectivity index (χ3v) is 4.72. The van der Waals surface area contributed by atoms with Gasteiger partial charge in [0.25, 0.3) is 0 Å². The highest BCUT2D eigenvalue weighted by Gasteiger charge is 2.38. The molecule has 3 aliphatic carbocycles. The molecule has 0 spiro atoms. The van der Waals surface area contributed by atoms with E-state index in [2.05, 4.69) is 63.8 Å². The van der Waals surface area contributed by atoms with Gasteiger partial charge in [-0.2, -0.15) is 0 Å². The number of hydrogen-bond donors (Lipinski definition) is 0. The van der Waals surface area contributed by atoms with Gasteiger partial charge in [0.15, 0.2) is 0 Å². The fraction of sp³-hybridized carbons (Fsp3) is 0.263. The van der Waals surface area contributed by atoms with Gasteiger partial charge in [-0.15, -0.1) is 0 Å². The molecule has 0 aliphatic heterocycles. The molecule has 0 nitrogen and oxygen atoms in total. The van der Waals surface area contributed by atoms with Gasteiger partial charge in [-0.25, -0.2) is 0 Å². The van der Waals surface area contributed by atoms with Crippen LogP contribution in [-0.2, 0) is 0 Å². The molecule has 19 heavy (non-hydrogen) atoms. The molecule has 0 heteroatoms. The van der Waals surface area contributed by atoms with Crippen molar-refractivity contribution < 1.29 is 0 Å². The molecule has 0 heterocycles. The lowest BCUT2D eigenvalue weighted by molar-refractivity contribution is 0.717. The van der Waals surface area contributed by atoms with Gasteiger partial charge in [0.05, 0.1) is 0 Å². The van der Waals surface area contributed by atoms with E-state index in [9.17, 15) is 0 Å². The Morgan fingerprint density at radius 3 is 2.11 bits per heavy atom. The molecule has 0 aromatic heterocycles. The van der Waals surface area contributed by atoms with Crippen molar-refractivity contribution >= 4 is 0 Å². The summed E-state index contributed by atoms with van der Waals surface area (Å²) in [5.41, 5.74) is 9.03. The van der Waals surface area contributed by atoms with Crippen molar-refractivity contribution in [3.05, 3.63) is 82.5 Å². The first-order valence-corrected chi connectivity index (χ1v) is 6.92. The molecular formula is C19H20. The molecule has 1 aromatic carbocycles. The summed E-state index contributed by atoms with van der Waals surface area (Å²) in [6.07, 6.45) is 6.16. The first-order valence-electron chi connectivity index (χ1n) is 6.92. The quantitative estimate of drug-likeness (QED) is 0.493. The standard InChI is InChI=1S/C19H20/c1-5-6-9-15-14(4)18-12(2)13(3)19(15)17-11-8-7-10-16(17)18/h5-11,18-19H,1H2,2-4H3. The van der Waals surface area contributed by atoms with Crippen LogP contribution in [-0.4, -0.2) is 0 Å². The largest absolute Gasteiger partial charge is 0.0991 e. The molecule has 1 aromatic rings. The maximum atomic E-state index is 3.79. The fourth-order valence-corrected chi connectivity index (χ4v) is 3.71. The van der Waals surface area contributed by atoms with Crippen molar-refractivity contribution in [2.45, 2.75) is 32.6 Å². The number of allylic oxidation sites excluding steroid dienone is 7. The van der Waals surface area contributed by atoms with Crippen LogP contribution >= 0.6 is 0 Å². The van der Waals surface area contributed by atoms with Gasteiger partial charge in [0, 0.05) is 11.8 Å². The second-order valence-corrected chi connectivity index (χ2v) is 5.59. The molecule has 0 amide bonds. The van der Waals surface area contributed by atoms with Crippen molar-refractivity contribution in [3.8, 4) is 0 Å².